The highest BCUT2D eigenvalue weighted by Gasteiger charge is 2.22. The lowest BCUT2D eigenvalue weighted by molar-refractivity contribution is 0.432. The third-order valence-electron chi connectivity index (χ3n) is 3.52. The Bertz CT molecular complexity index is 462. The Morgan fingerprint density at radius 2 is 2.05 bits per heavy atom. The number of nitriles is 1. The summed E-state index contributed by atoms with van der Waals surface area (Å²) in [6, 6.07) is 8.85. The van der Waals surface area contributed by atoms with Gasteiger partial charge in [-0.1, -0.05) is 24.6 Å². The minimum Gasteiger partial charge on any atom is -0.374 e. The second-order valence-electron chi connectivity index (χ2n) is 5.44. The lowest BCUT2D eigenvalue weighted by Crippen LogP contribution is -2.43. The molecule has 1 rings (SSSR count). The van der Waals surface area contributed by atoms with Gasteiger partial charge in [-0.25, -0.2) is 0 Å². The summed E-state index contributed by atoms with van der Waals surface area (Å²) in [6.07, 6.45) is 0.807. The largest absolute Gasteiger partial charge is 0.374 e. The van der Waals surface area contributed by atoms with E-state index in [2.05, 4.69) is 55.4 Å². The maximum atomic E-state index is 9.26. The molecule has 0 amide bonds. The van der Waals surface area contributed by atoms with E-state index in [9.17, 15) is 5.26 Å². The zero-order valence-corrected chi connectivity index (χ0v) is 12.7. The van der Waals surface area contributed by atoms with E-state index in [1.54, 1.807) is 0 Å². The molecule has 1 aromatic carbocycles. The van der Waals surface area contributed by atoms with Crippen LogP contribution in [0.5, 0.6) is 0 Å². The Labute approximate surface area is 117 Å². The Balaban J connectivity index is 2.70. The van der Waals surface area contributed by atoms with E-state index >= 15 is 0 Å². The van der Waals surface area contributed by atoms with Gasteiger partial charge < -0.3 is 4.90 Å². The van der Waals surface area contributed by atoms with Gasteiger partial charge in [0, 0.05) is 19.3 Å². The molecule has 1 unspecified atom stereocenters. The van der Waals surface area contributed by atoms with Crippen molar-refractivity contribution in [3.63, 3.8) is 0 Å². The summed E-state index contributed by atoms with van der Waals surface area (Å²) >= 11 is 0. The van der Waals surface area contributed by atoms with Crippen molar-refractivity contribution in [3.05, 3.63) is 29.3 Å². The van der Waals surface area contributed by atoms with Crippen molar-refractivity contribution in [1.29, 1.82) is 5.26 Å². The SMILES string of the molecule is CCNC(C)(C#N)CCN(C)c1ccc(C)cc1C. The Hall–Kier alpha value is -1.53. The van der Waals surface area contributed by atoms with Crippen molar-refractivity contribution >= 4 is 5.69 Å². The maximum absolute atomic E-state index is 9.26. The average molecular weight is 259 g/mol. The van der Waals surface area contributed by atoms with E-state index in [1.165, 1.54) is 16.8 Å². The molecule has 0 fully saturated rings. The maximum Gasteiger partial charge on any atom is 0.105 e. The fourth-order valence-electron chi connectivity index (χ4n) is 2.32. The molecule has 19 heavy (non-hydrogen) atoms. The summed E-state index contributed by atoms with van der Waals surface area (Å²) in [5, 5.41) is 12.5. The molecular weight excluding hydrogens is 234 g/mol. The van der Waals surface area contributed by atoms with E-state index in [1.807, 2.05) is 13.8 Å². The summed E-state index contributed by atoms with van der Waals surface area (Å²) in [7, 11) is 2.08. The zero-order valence-electron chi connectivity index (χ0n) is 12.7. The molecule has 0 aliphatic heterocycles. The first-order valence-corrected chi connectivity index (χ1v) is 6.86. The van der Waals surface area contributed by atoms with Crippen LogP contribution in [0.3, 0.4) is 0 Å². The van der Waals surface area contributed by atoms with Crippen LogP contribution in [0.4, 0.5) is 5.69 Å². The van der Waals surface area contributed by atoms with Gasteiger partial charge in [-0.15, -0.1) is 0 Å². The number of benzene rings is 1. The molecule has 104 valence electrons. The zero-order chi connectivity index (χ0) is 14.5. The Kier molecular flexibility index (Phi) is 5.38. The second kappa shape index (κ2) is 6.58. The summed E-state index contributed by atoms with van der Waals surface area (Å²) in [4.78, 5) is 2.22. The third kappa shape index (κ3) is 4.25. The summed E-state index contributed by atoms with van der Waals surface area (Å²) < 4.78 is 0. The molecule has 0 aliphatic rings. The van der Waals surface area contributed by atoms with Crippen LogP contribution < -0.4 is 10.2 Å². The highest BCUT2D eigenvalue weighted by molar-refractivity contribution is 5.53. The fourth-order valence-corrected chi connectivity index (χ4v) is 2.32. The van der Waals surface area contributed by atoms with Crippen LogP contribution in [0.25, 0.3) is 0 Å². The first-order chi connectivity index (χ1) is 8.91. The lowest BCUT2D eigenvalue weighted by Gasteiger charge is -2.28. The van der Waals surface area contributed by atoms with Crippen LogP contribution in [-0.4, -0.2) is 25.7 Å². The van der Waals surface area contributed by atoms with Gasteiger partial charge in [-0.05, 0) is 45.4 Å². The van der Waals surface area contributed by atoms with Gasteiger partial charge in [0.05, 0.1) is 6.07 Å². The minimum absolute atomic E-state index is 0.443. The molecule has 0 saturated heterocycles. The standard InChI is InChI=1S/C16H25N3/c1-6-18-16(4,12-17)9-10-19(5)15-8-7-13(2)11-14(15)3/h7-8,11,18H,6,9-10H2,1-5H3. The first kappa shape index (κ1) is 15.5. The van der Waals surface area contributed by atoms with E-state index in [-0.39, 0.29) is 0 Å². The smallest absolute Gasteiger partial charge is 0.105 e. The minimum atomic E-state index is -0.443. The molecule has 0 heterocycles. The average Bonchev–Trinajstić information content (AvgIpc) is 2.36. The number of anilines is 1. The van der Waals surface area contributed by atoms with Gasteiger partial charge in [0.1, 0.15) is 5.54 Å². The number of rotatable bonds is 6. The van der Waals surface area contributed by atoms with Gasteiger partial charge in [0.25, 0.3) is 0 Å². The van der Waals surface area contributed by atoms with Gasteiger partial charge in [0.15, 0.2) is 0 Å². The summed E-state index contributed by atoms with van der Waals surface area (Å²) in [5.41, 5.74) is 3.36. The lowest BCUT2D eigenvalue weighted by atomic mass is 9.99. The number of hydrogen-bond donors (Lipinski definition) is 1. The Morgan fingerprint density at radius 3 is 2.58 bits per heavy atom. The van der Waals surface area contributed by atoms with Crippen molar-refractivity contribution in [2.75, 3.05) is 25.0 Å². The summed E-state index contributed by atoms with van der Waals surface area (Å²) in [6.45, 7) is 9.91. The molecule has 0 saturated carbocycles. The predicted molar refractivity (Wildman–Crippen MR) is 81.5 cm³/mol. The molecule has 0 radical (unpaired) electrons. The van der Waals surface area contributed by atoms with E-state index in [4.69, 9.17) is 0 Å². The van der Waals surface area contributed by atoms with E-state index in [0.29, 0.717) is 0 Å². The van der Waals surface area contributed by atoms with Crippen LogP contribution in [0.2, 0.25) is 0 Å². The highest BCUT2D eigenvalue weighted by Crippen LogP contribution is 2.21. The topological polar surface area (TPSA) is 39.1 Å². The quantitative estimate of drug-likeness (QED) is 0.853. The van der Waals surface area contributed by atoms with E-state index < -0.39 is 5.54 Å². The van der Waals surface area contributed by atoms with Crippen molar-refractivity contribution in [1.82, 2.24) is 5.32 Å². The van der Waals surface area contributed by atoms with Gasteiger partial charge >= 0.3 is 0 Å². The van der Waals surface area contributed by atoms with Crippen LogP contribution in [0.1, 0.15) is 31.4 Å². The fraction of sp³-hybridized carbons (Fsp3) is 0.562. The van der Waals surface area contributed by atoms with Gasteiger partial charge in [-0.2, -0.15) is 5.26 Å². The molecule has 1 atom stereocenters. The molecule has 0 aromatic heterocycles. The van der Waals surface area contributed by atoms with Crippen molar-refractivity contribution in [2.45, 2.75) is 39.7 Å². The van der Waals surface area contributed by atoms with Crippen LogP contribution >= 0.6 is 0 Å². The molecule has 1 N–H and O–H groups in total. The van der Waals surface area contributed by atoms with E-state index in [0.717, 1.165) is 19.5 Å². The Morgan fingerprint density at radius 1 is 1.37 bits per heavy atom. The monoisotopic (exact) mass is 259 g/mol. The molecule has 0 bridgehead atoms. The van der Waals surface area contributed by atoms with Crippen molar-refractivity contribution in [3.8, 4) is 6.07 Å². The molecule has 1 aromatic rings. The van der Waals surface area contributed by atoms with Crippen LogP contribution in [0.15, 0.2) is 18.2 Å². The summed E-state index contributed by atoms with van der Waals surface area (Å²) in [5.74, 6) is 0. The van der Waals surface area contributed by atoms with Crippen LogP contribution in [-0.2, 0) is 0 Å². The van der Waals surface area contributed by atoms with Crippen molar-refractivity contribution in [2.24, 2.45) is 0 Å². The van der Waals surface area contributed by atoms with Gasteiger partial charge in [0.2, 0.25) is 0 Å². The number of aryl methyl sites for hydroxylation is 2. The molecule has 0 spiro atoms. The first-order valence-electron chi connectivity index (χ1n) is 6.86. The molecular formula is C16H25N3. The number of nitrogens with zero attached hydrogens (tertiary/aromatic N) is 2. The third-order valence-corrected chi connectivity index (χ3v) is 3.52. The number of hydrogen-bond acceptors (Lipinski definition) is 3. The molecule has 3 nitrogen and oxygen atoms in total. The van der Waals surface area contributed by atoms with Crippen LogP contribution in [0, 0.1) is 25.2 Å². The second-order valence-corrected chi connectivity index (χ2v) is 5.44. The highest BCUT2D eigenvalue weighted by atomic mass is 15.1. The van der Waals surface area contributed by atoms with Gasteiger partial charge in [-0.3, -0.25) is 5.32 Å². The number of nitrogens with one attached hydrogen (secondary N) is 1. The molecule has 0 aliphatic carbocycles. The normalized spacial score (nSPS) is 13.7. The molecule has 3 heteroatoms. The predicted octanol–water partition coefficient (Wildman–Crippen LogP) is 3.02. The van der Waals surface area contributed by atoms with Crippen molar-refractivity contribution < 1.29 is 0 Å².